The van der Waals surface area contributed by atoms with E-state index in [9.17, 15) is 19.7 Å². The third-order valence-electron chi connectivity index (χ3n) is 6.17. The maximum absolute atomic E-state index is 12.7. The van der Waals surface area contributed by atoms with E-state index in [1.165, 1.54) is 6.20 Å². The van der Waals surface area contributed by atoms with Gasteiger partial charge in [-0.2, -0.15) is 5.10 Å². The Hall–Kier alpha value is -2.91. The summed E-state index contributed by atoms with van der Waals surface area (Å²) in [6.07, 6.45) is 5.30. The van der Waals surface area contributed by atoms with Crippen LogP contribution in [0.15, 0.2) is 23.7 Å². The van der Waals surface area contributed by atoms with Crippen LogP contribution in [0, 0.1) is 16.0 Å². The summed E-state index contributed by atoms with van der Waals surface area (Å²) in [6, 6.07) is 1.65. The molecule has 1 saturated carbocycles. The van der Waals surface area contributed by atoms with Crippen LogP contribution in [0.2, 0.25) is 0 Å². The highest BCUT2D eigenvalue weighted by Gasteiger charge is 2.48. The number of piperazine rings is 1. The van der Waals surface area contributed by atoms with Crippen molar-refractivity contribution in [3.05, 3.63) is 39.5 Å². The van der Waals surface area contributed by atoms with Gasteiger partial charge in [0.2, 0.25) is 0 Å². The average Bonchev–Trinajstić information content (AvgIpc) is 3.25. The van der Waals surface area contributed by atoms with Crippen LogP contribution in [0.4, 0.5) is 0 Å². The molecule has 1 saturated heterocycles. The third kappa shape index (κ3) is 3.02. The Labute approximate surface area is 162 Å². The van der Waals surface area contributed by atoms with Gasteiger partial charge in [-0.15, -0.1) is 0 Å². The number of fused-ring (bicyclic) bond motifs is 1. The molecule has 10 heteroatoms. The maximum atomic E-state index is 12.7. The molecule has 2 unspecified atom stereocenters. The fourth-order valence-electron chi connectivity index (χ4n) is 4.75. The van der Waals surface area contributed by atoms with Gasteiger partial charge in [-0.3, -0.25) is 24.8 Å². The van der Waals surface area contributed by atoms with Crippen molar-refractivity contribution < 1.29 is 14.5 Å². The first kappa shape index (κ1) is 18.5. The second-order valence-corrected chi connectivity index (χ2v) is 7.61. The van der Waals surface area contributed by atoms with E-state index < -0.39 is 10.8 Å². The molecule has 2 fully saturated rings. The molecule has 1 aromatic rings. The van der Waals surface area contributed by atoms with Gasteiger partial charge >= 0.3 is 11.6 Å². The standard InChI is InChI=1S/C18H24N6O4/c1-21-14-5-3-2-4-12(14)15(16(18(21)26)24(27)28)22-8-10-23(11-9-22)17(25)13-6-7-19-20-13/h6-7,12,14H,2-5,8-11H2,1H3,(H,19,20). The molecule has 0 radical (unpaired) electrons. The van der Waals surface area contributed by atoms with E-state index in [-0.39, 0.29) is 23.6 Å². The molecule has 2 atom stereocenters. The van der Waals surface area contributed by atoms with Crippen molar-refractivity contribution in [2.45, 2.75) is 31.7 Å². The summed E-state index contributed by atoms with van der Waals surface area (Å²) in [5.41, 5.74) is 0.714. The number of nitrogens with zero attached hydrogens (tertiary/aromatic N) is 5. The number of carbonyl (C=O) groups excluding carboxylic acids is 2. The van der Waals surface area contributed by atoms with Crippen LogP contribution in [0.25, 0.3) is 0 Å². The Morgan fingerprint density at radius 2 is 1.96 bits per heavy atom. The number of amides is 2. The molecule has 1 N–H and O–H groups in total. The average molecular weight is 388 g/mol. The molecule has 2 aliphatic heterocycles. The Morgan fingerprint density at radius 1 is 1.25 bits per heavy atom. The Kier molecular flexibility index (Phi) is 4.78. The van der Waals surface area contributed by atoms with Crippen LogP contribution in [0.5, 0.6) is 0 Å². The number of aromatic nitrogens is 2. The topological polar surface area (TPSA) is 116 Å². The lowest BCUT2D eigenvalue weighted by Gasteiger charge is -2.46. The molecule has 1 aromatic heterocycles. The lowest BCUT2D eigenvalue weighted by atomic mass is 9.78. The van der Waals surface area contributed by atoms with Crippen LogP contribution in [-0.2, 0) is 4.79 Å². The molecule has 0 bridgehead atoms. The van der Waals surface area contributed by atoms with E-state index in [1.54, 1.807) is 22.9 Å². The van der Waals surface area contributed by atoms with E-state index >= 15 is 0 Å². The van der Waals surface area contributed by atoms with Crippen LogP contribution in [0.3, 0.4) is 0 Å². The summed E-state index contributed by atoms with van der Waals surface area (Å²) in [6.45, 7) is 1.86. The van der Waals surface area contributed by atoms with E-state index in [2.05, 4.69) is 10.2 Å². The Bertz CT molecular complexity index is 812. The molecule has 1 aliphatic carbocycles. The van der Waals surface area contributed by atoms with Gasteiger partial charge in [0.1, 0.15) is 11.4 Å². The number of hydrogen-bond donors (Lipinski definition) is 1. The SMILES string of the molecule is CN1C(=O)C([N+](=O)[O-])=C(N2CCN(C(=O)c3ccn[nH]3)CC2)C2CCCCC21. The monoisotopic (exact) mass is 388 g/mol. The van der Waals surface area contributed by atoms with Crippen molar-refractivity contribution >= 4 is 11.8 Å². The largest absolute Gasteiger partial charge is 0.365 e. The lowest BCUT2D eigenvalue weighted by molar-refractivity contribution is -0.424. The Morgan fingerprint density at radius 3 is 2.61 bits per heavy atom. The number of carbonyl (C=O) groups is 2. The molecular weight excluding hydrogens is 364 g/mol. The van der Waals surface area contributed by atoms with Gasteiger partial charge in [-0.1, -0.05) is 12.8 Å². The molecule has 10 nitrogen and oxygen atoms in total. The second-order valence-electron chi connectivity index (χ2n) is 7.61. The van der Waals surface area contributed by atoms with E-state index in [0.29, 0.717) is 37.6 Å². The third-order valence-corrected chi connectivity index (χ3v) is 6.17. The first-order valence-corrected chi connectivity index (χ1v) is 9.68. The van der Waals surface area contributed by atoms with Gasteiger partial charge in [0.15, 0.2) is 0 Å². The van der Waals surface area contributed by atoms with Crippen LogP contribution in [-0.4, -0.2) is 80.9 Å². The number of rotatable bonds is 3. The minimum atomic E-state index is -0.527. The minimum absolute atomic E-state index is 0.00768. The predicted molar refractivity (Wildman–Crippen MR) is 98.6 cm³/mol. The zero-order valence-corrected chi connectivity index (χ0v) is 15.8. The number of likely N-dealkylation sites (N-methyl/N-ethyl adjacent to an activating group) is 1. The van der Waals surface area contributed by atoms with E-state index in [1.807, 2.05) is 4.90 Å². The predicted octanol–water partition coefficient (Wildman–Crippen LogP) is 0.687. The second kappa shape index (κ2) is 7.25. The van der Waals surface area contributed by atoms with Gasteiger partial charge in [0.05, 0.1) is 4.92 Å². The van der Waals surface area contributed by atoms with Crippen molar-refractivity contribution in [3.8, 4) is 0 Å². The van der Waals surface area contributed by atoms with Gasteiger partial charge in [-0.05, 0) is 18.9 Å². The number of H-pyrrole nitrogens is 1. The van der Waals surface area contributed by atoms with Gasteiger partial charge < -0.3 is 14.7 Å². The molecule has 0 aromatic carbocycles. The highest BCUT2D eigenvalue weighted by atomic mass is 16.6. The fourth-order valence-corrected chi connectivity index (χ4v) is 4.75. The quantitative estimate of drug-likeness (QED) is 0.602. The molecule has 3 heterocycles. The number of nitrogens with one attached hydrogen (secondary N) is 1. The van der Waals surface area contributed by atoms with Gasteiger partial charge in [0, 0.05) is 51.4 Å². The van der Waals surface area contributed by atoms with Crippen molar-refractivity contribution in [1.82, 2.24) is 24.9 Å². The molecule has 0 spiro atoms. The molecular formula is C18H24N6O4. The lowest BCUT2D eigenvalue weighted by Crippen LogP contribution is -2.56. The highest BCUT2D eigenvalue weighted by Crippen LogP contribution is 2.40. The first-order valence-electron chi connectivity index (χ1n) is 9.68. The van der Waals surface area contributed by atoms with E-state index in [4.69, 9.17) is 0 Å². The van der Waals surface area contributed by atoms with Crippen molar-refractivity contribution in [3.63, 3.8) is 0 Å². The molecule has 28 heavy (non-hydrogen) atoms. The summed E-state index contributed by atoms with van der Waals surface area (Å²) in [7, 11) is 1.67. The smallest absolute Gasteiger partial charge is 0.352 e. The molecule has 3 aliphatic rings. The Balaban J connectivity index is 1.58. The van der Waals surface area contributed by atoms with Gasteiger partial charge in [-0.25, -0.2) is 0 Å². The van der Waals surface area contributed by atoms with Gasteiger partial charge in [0.25, 0.3) is 5.91 Å². The van der Waals surface area contributed by atoms with Crippen molar-refractivity contribution in [1.29, 1.82) is 0 Å². The summed E-state index contributed by atoms with van der Waals surface area (Å²) in [5.74, 6) is -0.638. The van der Waals surface area contributed by atoms with Crippen LogP contribution in [0.1, 0.15) is 36.2 Å². The van der Waals surface area contributed by atoms with Crippen LogP contribution < -0.4 is 0 Å². The normalized spacial score (nSPS) is 25.8. The molecule has 4 rings (SSSR count). The zero-order valence-electron chi connectivity index (χ0n) is 15.8. The van der Waals surface area contributed by atoms with Crippen molar-refractivity contribution in [2.24, 2.45) is 5.92 Å². The summed E-state index contributed by atoms with van der Waals surface area (Å²) in [5, 5.41) is 18.2. The summed E-state index contributed by atoms with van der Waals surface area (Å²) >= 11 is 0. The fraction of sp³-hybridized carbons (Fsp3) is 0.611. The highest BCUT2D eigenvalue weighted by molar-refractivity contribution is 5.93. The zero-order chi connectivity index (χ0) is 19.8. The van der Waals surface area contributed by atoms with Crippen molar-refractivity contribution in [2.75, 3.05) is 33.2 Å². The summed E-state index contributed by atoms with van der Waals surface area (Å²) < 4.78 is 0. The van der Waals surface area contributed by atoms with Crippen LogP contribution >= 0.6 is 0 Å². The first-order chi connectivity index (χ1) is 13.5. The van der Waals surface area contributed by atoms with E-state index in [0.717, 1.165) is 25.7 Å². The number of hydrogen-bond acceptors (Lipinski definition) is 6. The molecule has 150 valence electrons. The maximum Gasteiger partial charge on any atom is 0.352 e. The number of nitro groups is 1. The summed E-state index contributed by atoms with van der Waals surface area (Å²) in [4.78, 5) is 41.7. The molecule has 2 amide bonds. The minimum Gasteiger partial charge on any atom is -0.365 e. The number of aromatic amines is 1.